The van der Waals surface area contributed by atoms with E-state index in [1.54, 1.807) is 0 Å². The molecule has 0 spiro atoms. The highest BCUT2D eigenvalue weighted by molar-refractivity contribution is 14.2. The molecule has 0 fully saturated rings. The van der Waals surface area contributed by atoms with E-state index in [2.05, 4.69) is 47.2 Å². The second kappa shape index (κ2) is 15.7. The lowest BCUT2D eigenvalue weighted by atomic mass is 9.82. The van der Waals surface area contributed by atoms with Crippen LogP contribution >= 0.6 is 31.0 Å². The lowest BCUT2D eigenvalue weighted by molar-refractivity contribution is -0.0877. The molecule has 2 aliphatic rings. The highest BCUT2D eigenvalue weighted by Gasteiger charge is 2.32. The van der Waals surface area contributed by atoms with Gasteiger partial charge in [-0.15, -0.1) is 9.80 Å². The maximum absolute atomic E-state index is 13.0. The van der Waals surface area contributed by atoms with Gasteiger partial charge in [-0.1, -0.05) is 74.6 Å². The van der Waals surface area contributed by atoms with Crippen LogP contribution in [0.3, 0.4) is 0 Å². The number of rotatable bonds is 4. The van der Waals surface area contributed by atoms with Crippen molar-refractivity contribution in [2.75, 3.05) is 0 Å². The van der Waals surface area contributed by atoms with E-state index in [1.165, 1.54) is 0 Å². The number of nitrogens with zero attached hydrogens (tertiary/aromatic N) is 3. The molecule has 0 amide bonds. The Kier molecular flexibility index (Phi) is 15.0. The van der Waals surface area contributed by atoms with E-state index < -0.39 is 11.7 Å². The van der Waals surface area contributed by atoms with Crippen LogP contribution in [0.25, 0.3) is 5.57 Å². The molecule has 0 bridgehead atoms. The summed E-state index contributed by atoms with van der Waals surface area (Å²) in [5, 5.41) is 7.80. The second-order valence-corrected chi connectivity index (χ2v) is 8.77. The van der Waals surface area contributed by atoms with Crippen LogP contribution < -0.4 is 5.32 Å². The summed E-state index contributed by atoms with van der Waals surface area (Å²) in [6.07, 6.45) is 2.33. The van der Waals surface area contributed by atoms with Gasteiger partial charge in [0.2, 0.25) is 0 Å². The molecular weight excluding hydrogens is 596 g/mol. The van der Waals surface area contributed by atoms with E-state index in [1.807, 2.05) is 85.8 Å². The first-order chi connectivity index (χ1) is 16.9. The zero-order valence-electron chi connectivity index (χ0n) is 22.8. The predicted octanol–water partition coefficient (Wildman–Crippen LogP) is 9.29. The Morgan fingerprint density at radius 3 is 2.39 bits per heavy atom. The molecule has 1 N–H and O–H groups in total. The van der Waals surface area contributed by atoms with E-state index in [4.69, 9.17) is 4.99 Å². The third-order valence-electron chi connectivity index (χ3n) is 5.68. The third kappa shape index (κ3) is 9.11. The lowest BCUT2D eigenvalue weighted by Crippen LogP contribution is -2.33. The van der Waals surface area contributed by atoms with Crippen LogP contribution in [0.1, 0.15) is 85.7 Å². The van der Waals surface area contributed by atoms with Gasteiger partial charge in [0.1, 0.15) is 5.84 Å². The number of thiol groups is 1. The molecule has 0 aromatic carbocycles. The number of hydrogen-bond donors (Lipinski definition) is 2. The average molecular weight is 639 g/mol. The van der Waals surface area contributed by atoms with Crippen LogP contribution in [0.5, 0.6) is 0 Å². The Morgan fingerprint density at radius 1 is 1.28 bits per heavy atom. The molecule has 1 aromatic rings. The fraction of sp³-hybridized carbons (Fsp3) is 0.556. The molecule has 2 aliphatic heterocycles. The summed E-state index contributed by atoms with van der Waals surface area (Å²) >= 11 is 1.84. The Morgan fingerprint density at radius 2 is 1.86 bits per heavy atom. The van der Waals surface area contributed by atoms with Crippen molar-refractivity contribution < 1.29 is 13.2 Å². The number of aliphatic imine (C=N–C) groups is 1. The molecule has 9 heteroatoms. The quantitative estimate of drug-likeness (QED) is 0.196. The van der Waals surface area contributed by atoms with Crippen LogP contribution in [0.4, 0.5) is 13.2 Å². The Balaban J connectivity index is 0.00000190. The van der Waals surface area contributed by atoms with Crippen molar-refractivity contribution in [1.29, 1.82) is 0 Å². The maximum atomic E-state index is 13.0. The molecule has 0 radical (unpaired) electrons. The molecule has 0 aliphatic carbocycles. The Bertz CT molecular complexity index is 957. The Labute approximate surface area is 233 Å². The van der Waals surface area contributed by atoms with Crippen LogP contribution in [-0.4, -0.2) is 21.8 Å². The maximum Gasteiger partial charge on any atom is 0.415 e. The summed E-state index contributed by atoms with van der Waals surface area (Å²) in [6, 6.07) is 1.75. The first-order valence-electron chi connectivity index (χ1n) is 12.3. The summed E-state index contributed by atoms with van der Waals surface area (Å²) in [5.41, 5.74) is 1.84. The van der Waals surface area contributed by atoms with Gasteiger partial charge in [0.05, 0.1) is 17.4 Å². The van der Waals surface area contributed by atoms with E-state index in [0.29, 0.717) is 11.3 Å². The molecule has 204 valence electrons. The second-order valence-electron chi connectivity index (χ2n) is 8.77. The number of aromatic nitrogens is 2. The van der Waals surface area contributed by atoms with Gasteiger partial charge in [0, 0.05) is 17.5 Å². The van der Waals surface area contributed by atoms with E-state index in [-0.39, 0.29) is 17.4 Å². The number of allylic oxidation sites excluding steroid dienone is 4. The van der Waals surface area contributed by atoms with Crippen LogP contribution in [0.15, 0.2) is 53.7 Å². The predicted molar refractivity (Wildman–Crippen MR) is 161 cm³/mol. The number of amidine groups is 1. The Hall–Kier alpha value is -1.49. The molecule has 0 saturated heterocycles. The standard InChI is InChI=1S/C23H29F3N4.2C2H6.HIS/c1-14(2)17(12-15(3)23(24,25)26)19-13-20-18(8-7-11-30(20)29-19)28-21-16(4)22(5,6)9-10-27-21;3*1-2/h9-10,12-14,18H,3-4,7-8,11H2,1-2,5-6H3,(H,27,28);2*1-2H3;2H/b17-12+;;;. The minimum Gasteiger partial charge on any atom is -0.347 e. The molecule has 0 saturated carbocycles. The van der Waals surface area contributed by atoms with Crippen molar-refractivity contribution in [1.82, 2.24) is 15.1 Å². The van der Waals surface area contributed by atoms with E-state index >= 15 is 0 Å². The molecule has 1 aromatic heterocycles. The lowest BCUT2D eigenvalue weighted by Gasteiger charge is -2.30. The van der Waals surface area contributed by atoms with Crippen molar-refractivity contribution in [2.24, 2.45) is 16.3 Å². The summed E-state index contributed by atoms with van der Waals surface area (Å²) in [7, 11) is 3.50. The monoisotopic (exact) mass is 638 g/mol. The molecule has 1 atom stereocenters. The number of halogens is 4. The normalized spacial score (nSPS) is 19.6. The molecule has 1 unspecified atom stereocenters. The van der Waals surface area contributed by atoms with Gasteiger partial charge in [-0.2, -0.15) is 18.3 Å². The summed E-state index contributed by atoms with van der Waals surface area (Å²) in [6.45, 7) is 24.0. The SMILES string of the molecule is C=C(/C=C(/c1cc2n(n1)CCCC2N=C1NC=CC(C)(C)C1=C)C(C)C)C(F)(F)F.CC.CC.SI. The summed E-state index contributed by atoms with van der Waals surface area (Å²) in [4.78, 5) is 4.91. The van der Waals surface area contributed by atoms with Gasteiger partial charge < -0.3 is 5.32 Å². The minimum absolute atomic E-state index is 0.124. The topological polar surface area (TPSA) is 42.2 Å². The molecule has 4 nitrogen and oxygen atoms in total. The van der Waals surface area contributed by atoms with Crippen LogP contribution in [-0.2, 0) is 6.54 Å². The number of fused-ring (bicyclic) bond motifs is 1. The van der Waals surface area contributed by atoms with Gasteiger partial charge in [-0.25, -0.2) is 0 Å². The molecular formula is C27H42F3IN4S. The van der Waals surface area contributed by atoms with Gasteiger partial charge in [0.15, 0.2) is 0 Å². The van der Waals surface area contributed by atoms with Crippen LogP contribution in [0.2, 0.25) is 0 Å². The van der Waals surface area contributed by atoms with E-state index in [0.717, 1.165) is 42.6 Å². The van der Waals surface area contributed by atoms with Gasteiger partial charge in [0.25, 0.3) is 0 Å². The smallest absolute Gasteiger partial charge is 0.347 e. The number of aryl methyl sites for hydroxylation is 1. The largest absolute Gasteiger partial charge is 0.415 e. The van der Waals surface area contributed by atoms with Gasteiger partial charge in [-0.05, 0) is 69.5 Å². The van der Waals surface area contributed by atoms with Gasteiger partial charge >= 0.3 is 6.18 Å². The van der Waals surface area contributed by atoms with E-state index in [9.17, 15) is 13.2 Å². The van der Waals surface area contributed by atoms with Crippen molar-refractivity contribution in [3.05, 3.63) is 60.1 Å². The molecule has 3 rings (SSSR count). The van der Waals surface area contributed by atoms with Gasteiger partial charge in [-0.3, -0.25) is 9.67 Å². The average Bonchev–Trinajstić information content (AvgIpc) is 3.28. The number of alkyl halides is 3. The zero-order valence-corrected chi connectivity index (χ0v) is 25.9. The first kappa shape index (κ1) is 34.5. The van der Waals surface area contributed by atoms with Crippen molar-refractivity contribution in [2.45, 2.75) is 87.0 Å². The molecule has 3 heterocycles. The highest BCUT2D eigenvalue weighted by Crippen LogP contribution is 2.36. The number of hydrogen-bond acceptors (Lipinski definition) is 3. The summed E-state index contributed by atoms with van der Waals surface area (Å²) in [5.74, 6) is 0.616. The minimum atomic E-state index is -4.46. The van der Waals surface area contributed by atoms with Crippen LogP contribution in [0, 0.1) is 11.3 Å². The van der Waals surface area contributed by atoms with Crippen molar-refractivity contribution in [3.63, 3.8) is 0 Å². The van der Waals surface area contributed by atoms with Crippen molar-refractivity contribution >= 4 is 42.4 Å². The highest BCUT2D eigenvalue weighted by atomic mass is 127. The van der Waals surface area contributed by atoms with Crippen molar-refractivity contribution in [3.8, 4) is 0 Å². The fourth-order valence-electron chi connectivity index (χ4n) is 3.63. The molecule has 36 heavy (non-hydrogen) atoms. The number of nitrogens with one attached hydrogen (secondary N) is 1. The zero-order chi connectivity index (χ0) is 28.3. The summed E-state index contributed by atoms with van der Waals surface area (Å²) < 4.78 is 41.0. The first-order valence-corrected chi connectivity index (χ1v) is 15.6. The fourth-order valence-corrected chi connectivity index (χ4v) is 3.63. The third-order valence-corrected chi connectivity index (χ3v) is 5.68.